The molecule has 0 radical (unpaired) electrons. The van der Waals surface area contributed by atoms with E-state index in [0.29, 0.717) is 18.0 Å². The molecule has 0 bridgehead atoms. The fourth-order valence-corrected chi connectivity index (χ4v) is 2.70. The minimum atomic E-state index is -0.314. The first-order valence-corrected chi connectivity index (χ1v) is 7.85. The Morgan fingerprint density at radius 1 is 1.22 bits per heavy atom. The van der Waals surface area contributed by atoms with Crippen molar-refractivity contribution in [3.05, 3.63) is 41.8 Å². The number of methoxy groups -OCH3 is 1. The van der Waals surface area contributed by atoms with E-state index in [1.807, 2.05) is 6.07 Å². The van der Waals surface area contributed by atoms with Gasteiger partial charge in [0.05, 0.1) is 17.9 Å². The van der Waals surface area contributed by atoms with Crippen LogP contribution in [0.15, 0.2) is 30.3 Å². The van der Waals surface area contributed by atoms with Gasteiger partial charge in [-0.1, -0.05) is 12.1 Å². The van der Waals surface area contributed by atoms with Crippen molar-refractivity contribution in [2.45, 2.75) is 13.0 Å². The Kier molecular flexibility index (Phi) is 5.15. The van der Waals surface area contributed by atoms with Gasteiger partial charge in [0.2, 0.25) is 0 Å². The van der Waals surface area contributed by atoms with Crippen LogP contribution in [-0.2, 0) is 11.3 Å². The molecule has 5 nitrogen and oxygen atoms in total. The van der Waals surface area contributed by atoms with Gasteiger partial charge >= 0.3 is 0 Å². The van der Waals surface area contributed by atoms with Gasteiger partial charge in [-0.2, -0.15) is 0 Å². The smallest absolute Gasteiger partial charge is 0.164 e. The molecule has 0 saturated carbocycles. The van der Waals surface area contributed by atoms with Crippen LogP contribution in [-0.4, -0.2) is 43.3 Å². The van der Waals surface area contributed by atoms with E-state index in [2.05, 4.69) is 20.2 Å². The highest BCUT2D eigenvalue weighted by Gasteiger charge is 2.16. The number of benzene rings is 1. The summed E-state index contributed by atoms with van der Waals surface area (Å²) >= 11 is 0. The van der Waals surface area contributed by atoms with Crippen molar-refractivity contribution in [1.82, 2.24) is 15.3 Å². The van der Waals surface area contributed by atoms with E-state index in [0.717, 1.165) is 44.1 Å². The van der Waals surface area contributed by atoms with E-state index in [4.69, 9.17) is 4.74 Å². The Labute approximate surface area is 135 Å². The third-order valence-corrected chi connectivity index (χ3v) is 3.84. The molecule has 0 unspecified atom stereocenters. The number of ether oxygens (including phenoxy) is 1. The number of hydrogen-bond donors (Lipinski definition) is 1. The van der Waals surface area contributed by atoms with Crippen molar-refractivity contribution >= 4 is 5.82 Å². The number of anilines is 1. The van der Waals surface area contributed by atoms with Crippen molar-refractivity contribution in [3.63, 3.8) is 0 Å². The van der Waals surface area contributed by atoms with Gasteiger partial charge in [-0.25, -0.2) is 14.4 Å². The van der Waals surface area contributed by atoms with E-state index in [-0.39, 0.29) is 5.82 Å². The van der Waals surface area contributed by atoms with Crippen LogP contribution in [0.1, 0.15) is 12.1 Å². The molecule has 0 aliphatic carbocycles. The molecule has 1 fully saturated rings. The summed E-state index contributed by atoms with van der Waals surface area (Å²) in [6.07, 6.45) is 1.05. The summed E-state index contributed by atoms with van der Waals surface area (Å²) in [5.41, 5.74) is 1.17. The molecule has 1 aromatic carbocycles. The molecule has 122 valence electrons. The molecule has 1 N–H and O–H groups in total. The average Bonchev–Trinajstić information content (AvgIpc) is 2.84. The summed E-state index contributed by atoms with van der Waals surface area (Å²) in [4.78, 5) is 11.3. The lowest BCUT2D eigenvalue weighted by atomic mass is 10.2. The van der Waals surface area contributed by atoms with Gasteiger partial charge in [0.15, 0.2) is 5.82 Å². The predicted octanol–water partition coefficient (Wildman–Crippen LogP) is 2.23. The third kappa shape index (κ3) is 3.83. The maximum Gasteiger partial charge on any atom is 0.164 e. The first-order chi connectivity index (χ1) is 11.3. The van der Waals surface area contributed by atoms with Crippen LogP contribution < -0.4 is 10.2 Å². The second-order valence-corrected chi connectivity index (χ2v) is 5.54. The number of nitrogens with one attached hydrogen (secondary N) is 1. The molecule has 1 aromatic heterocycles. The number of hydrogen-bond acceptors (Lipinski definition) is 5. The summed E-state index contributed by atoms with van der Waals surface area (Å²) in [6, 6.07) is 8.52. The highest BCUT2D eigenvalue weighted by molar-refractivity contribution is 5.58. The average molecular weight is 316 g/mol. The van der Waals surface area contributed by atoms with E-state index in [1.165, 1.54) is 6.07 Å². The molecule has 1 aliphatic rings. The lowest BCUT2D eigenvalue weighted by molar-refractivity contribution is 0.181. The van der Waals surface area contributed by atoms with E-state index >= 15 is 0 Å². The van der Waals surface area contributed by atoms with Crippen molar-refractivity contribution in [1.29, 1.82) is 0 Å². The molecule has 0 atom stereocenters. The van der Waals surface area contributed by atoms with Crippen LogP contribution in [0.4, 0.5) is 10.2 Å². The molecule has 1 aliphatic heterocycles. The monoisotopic (exact) mass is 316 g/mol. The molecule has 0 amide bonds. The van der Waals surface area contributed by atoms with Gasteiger partial charge in [-0.3, -0.25) is 0 Å². The van der Waals surface area contributed by atoms with Crippen LogP contribution in [0.25, 0.3) is 11.4 Å². The molecular formula is C17H21FN4O. The standard InChI is InChI=1S/C17H21FN4O/c1-23-12-13-11-16(22-9-4-7-19-8-10-22)21-17(20-13)14-5-2-3-6-15(14)18/h2-3,5-6,11,19H,4,7-10,12H2,1H3. The second-order valence-electron chi connectivity index (χ2n) is 5.54. The fraction of sp³-hybridized carbons (Fsp3) is 0.412. The zero-order chi connectivity index (χ0) is 16.1. The zero-order valence-corrected chi connectivity index (χ0v) is 13.3. The van der Waals surface area contributed by atoms with Crippen LogP contribution in [0.5, 0.6) is 0 Å². The Morgan fingerprint density at radius 2 is 2.09 bits per heavy atom. The van der Waals surface area contributed by atoms with Gasteiger partial charge in [0.1, 0.15) is 11.6 Å². The summed E-state index contributed by atoms with van der Waals surface area (Å²) in [7, 11) is 1.63. The Morgan fingerprint density at radius 3 is 2.91 bits per heavy atom. The Balaban J connectivity index is 2.00. The maximum atomic E-state index is 14.1. The van der Waals surface area contributed by atoms with Crippen molar-refractivity contribution in [2.75, 3.05) is 38.2 Å². The Bertz CT molecular complexity index is 657. The van der Waals surface area contributed by atoms with Crippen LogP contribution in [0.2, 0.25) is 0 Å². The highest BCUT2D eigenvalue weighted by Crippen LogP contribution is 2.23. The van der Waals surface area contributed by atoms with E-state index < -0.39 is 0 Å². The number of rotatable bonds is 4. The first kappa shape index (κ1) is 15.8. The van der Waals surface area contributed by atoms with Gasteiger partial charge in [0, 0.05) is 32.8 Å². The predicted molar refractivity (Wildman–Crippen MR) is 87.8 cm³/mol. The highest BCUT2D eigenvalue weighted by atomic mass is 19.1. The quantitative estimate of drug-likeness (QED) is 0.937. The molecular weight excluding hydrogens is 295 g/mol. The molecule has 1 saturated heterocycles. The molecule has 0 spiro atoms. The first-order valence-electron chi connectivity index (χ1n) is 7.85. The SMILES string of the molecule is COCc1cc(N2CCCNCC2)nc(-c2ccccc2F)n1. The number of halogens is 1. The van der Waals surface area contributed by atoms with E-state index in [9.17, 15) is 4.39 Å². The van der Waals surface area contributed by atoms with Gasteiger partial charge in [-0.15, -0.1) is 0 Å². The van der Waals surface area contributed by atoms with Crippen LogP contribution >= 0.6 is 0 Å². The van der Waals surface area contributed by atoms with Crippen LogP contribution in [0, 0.1) is 5.82 Å². The largest absolute Gasteiger partial charge is 0.378 e. The molecule has 6 heteroatoms. The van der Waals surface area contributed by atoms with E-state index in [1.54, 1.807) is 25.3 Å². The fourth-order valence-electron chi connectivity index (χ4n) is 2.70. The number of nitrogens with zero attached hydrogens (tertiary/aromatic N) is 3. The third-order valence-electron chi connectivity index (χ3n) is 3.84. The van der Waals surface area contributed by atoms with Crippen molar-refractivity contribution in [2.24, 2.45) is 0 Å². The number of aromatic nitrogens is 2. The molecule has 2 heterocycles. The Hall–Kier alpha value is -2.05. The minimum Gasteiger partial charge on any atom is -0.378 e. The summed E-state index contributed by atoms with van der Waals surface area (Å²) < 4.78 is 19.3. The topological polar surface area (TPSA) is 50.3 Å². The second kappa shape index (κ2) is 7.48. The summed E-state index contributed by atoms with van der Waals surface area (Å²) in [6.45, 7) is 4.10. The molecule has 3 rings (SSSR count). The lowest BCUT2D eigenvalue weighted by Gasteiger charge is -2.22. The molecule has 23 heavy (non-hydrogen) atoms. The van der Waals surface area contributed by atoms with Crippen molar-refractivity contribution in [3.8, 4) is 11.4 Å². The van der Waals surface area contributed by atoms with Crippen LogP contribution in [0.3, 0.4) is 0 Å². The van der Waals surface area contributed by atoms with Gasteiger partial charge in [0.25, 0.3) is 0 Å². The maximum absolute atomic E-state index is 14.1. The van der Waals surface area contributed by atoms with Crippen molar-refractivity contribution < 1.29 is 9.13 Å². The normalized spacial score (nSPS) is 15.5. The molecule has 2 aromatic rings. The summed E-state index contributed by atoms with van der Waals surface area (Å²) in [5.74, 6) is 0.921. The van der Waals surface area contributed by atoms with Gasteiger partial charge in [-0.05, 0) is 25.1 Å². The van der Waals surface area contributed by atoms with Gasteiger partial charge < -0.3 is 15.0 Å². The minimum absolute atomic E-state index is 0.314. The lowest BCUT2D eigenvalue weighted by Crippen LogP contribution is -2.29. The zero-order valence-electron chi connectivity index (χ0n) is 13.3. The summed E-state index contributed by atoms with van der Waals surface area (Å²) in [5, 5.41) is 3.37.